The van der Waals surface area contributed by atoms with Crippen LogP contribution in [0.5, 0.6) is 5.75 Å². The Morgan fingerprint density at radius 1 is 1.12 bits per heavy atom. The Morgan fingerprint density at radius 2 is 1.76 bits per heavy atom. The lowest BCUT2D eigenvalue weighted by atomic mass is 9.48. The number of piperazine rings is 1. The van der Waals surface area contributed by atoms with E-state index >= 15 is 0 Å². The second-order valence-corrected chi connectivity index (χ2v) is 11.8. The minimum atomic E-state index is -0.635. The average molecular weight is 490 g/mol. The van der Waals surface area contributed by atoms with Gasteiger partial charge in [0.15, 0.2) is 0 Å². The van der Waals surface area contributed by atoms with E-state index in [9.17, 15) is 14.7 Å². The molecular formula is C26H36ClN3O4. The molecule has 2 N–H and O–H groups in total. The SMILES string of the molecule is COc1ccc(Cl)cc1N1CCN(C(C)(C)C(=O)NC2C3CC4CC2CC(C(=O)O)(C4)C3)CC1. The van der Waals surface area contributed by atoms with Gasteiger partial charge in [0.1, 0.15) is 5.75 Å². The second-order valence-electron chi connectivity index (χ2n) is 11.4. The Bertz CT molecular complexity index is 959. The van der Waals surface area contributed by atoms with Crippen molar-refractivity contribution in [1.82, 2.24) is 10.2 Å². The predicted octanol–water partition coefficient (Wildman–Crippen LogP) is 3.64. The molecule has 2 atom stereocenters. The van der Waals surface area contributed by atoms with Crippen molar-refractivity contribution in [3.63, 3.8) is 0 Å². The number of carboxylic acids is 1. The van der Waals surface area contributed by atoms with Crippen molar-refractivity contribution in [2.75, 3.05) is 38.2 Å². The Kier molecular flexibility index (Phi) is 6.00. The summed E-state index contributed by atoms with van der Waals surface area (Å²) in [7, 11) is 1.67. The van der Waals surface area contributed by atoms with Crippen molar-refractivity contribution < 1.29 is 19.4 Å². The Hall–Kier alpha value is -1.99. The molecule has 4 bridgehead atoms. The van der Waals surface area contributed by atoms with Crippen LogP contribution < -0.4 is 15.0 Å². The molecule has 6 rings (SSSR count). The molecule has 1 saturated heterocycles. The molecule has 1 aromatic rings. The highest BCUT2D eigenvalue weighted by Crippen LogP contribution is 2.60. The number of nitrogens with zero attached hydrogens (tertiary/aromatic N) is 2. The molecule has 0 spiro atoms. The average Bonchev–Trinajstić information content (AvgIpc) is 2.80. The number of amides is 1. The van der Waals surface area contributed by atoms with Gasteiger partial charge in [0.2, 0.25) is 5.91 Å². The van der Waals surface area contributed by atoms with E-state index in [1.165, 1.54) is 0 Å². The molecular weight excluding hydrogens is 454 g/mol. The van der Waals surface area contributed by atoms with Gasteiger partial charge in [-0.15, -0.1) is 0 Å². The third-order valence-corrected chi connectivity index (χ3v) is 9.37. The third kappa shape index (κ3) is 3.95. The van der Waals surface area contributed by atoms with Crippen LogP contribution in [0.4, 0.5) is 5.69 Å². The fraction of sp³-hybridized carbons (Fsp3) is 0.692. The normalized spacial score (nSPS) is 33.1. The van der Waals surface area contributed by atoms with Crippen molar-refractivity contribution >= 4 is 29.2 Å². The van der Waals surface area contributed by atoms with Gasteiger partial charge in [-0.1, -0.05) is 11.6 Å². The first-order valence-corrected chi connectivity index (χ1v) is 12.9. The smallest absolute Gasteiger partial charge is 0.309 e. The molecule has 4 aliphatic carbocycles. The third-order valence-electron chi connectivity index (χ3n) is 9.13. The van der Waals surface area contributed by atoms with Crippen molar-refractivity contribution in [2.45, 2.75) is 57.5 Å². The molecule has 0 aromatic heterocycles. The lowest BCUT2D eigenvalue weighted by Gasteiger charge is -2.58. The minimum absolute atomic E-state index is 0.0585. The van der Waals surface area contributed by atoms with Gasteiger partial charge in [-0.2, -0.15) is 0 Å². The summed E-state index contributed by atoms with van der Waals surface area (Å²) in [5.74, 6) is 1.31. The van der Waals surface area contributed by atoms with Crippen LogP contribution >= 0.6 is 11.6 Å². The number of methoxy groups -OCH3 is 1. The number of carbonyl (C=O) groups is 2. The quantitative estimate of drug-likeness (QED) is 0.634. The van der Waals surface area contributed by atoms with E-state index in [0.29, 0.717) is 23.8 Å². The first kappa shape index (κ1) is 23.7. The summed E-state index contributed by atoms with van der Waals surface area (Å²) in [6.45, 7) is 7.10. The predicted molar refractivity (Wildman–Crippen MR) is 131 cm³/mol. The molecule has 2 unspecified atom stereocenters. The standard InChI is InChI=1S/C26H36ClN3O4/c1-25(2,30-8-6-29(7-9-30)20-12-19(27)4-5-21(20)34-3)23(31)28-22-17-10-16-11-18(22)15-26(13-16,14-17)24(32)33/h4-5,12,16-18,22H,6-11,13-15H2,1-3H3,(H,28,31)(H,32,33). The molecule has 8 heteroatoms. The Morgan fingerprint density at radius 3 is 2.35 bits per heavy atom. The number of anilines is 1. The number of ether oxygens (including phenoxy) is 1. The topological polar surface area (TPSA) is 82.1 Å². The molecule has 5 fully saturated rings. The maximum atomic E-state index is 13.5. The molecule has 1 amide bonds. The van der Waals surface area contributed by atoms with Crippen molar-refractivity contribution in [1.29, 1.82) is 0 Å². The number of hydrogen-bond acceptors (Lipinski definition) is 5. The highest BCUT2D eigenvalue weighted by Gasteiger charge is 2.59. The minimum Gasteiger partial charge on any atom is -0.495 e. The largest absolute Gasteiger partial charge is 0.495 e. The van der Waals surface area contributed by atoms with E-state index in [2.05, 4.69) is 15.1 Å². The van der Waals surface area contributed by atoms with E-state index < -0.39 is 16.9 Å². The Labute approximate surface area is 206 Å². The van der Waals surface area contributed by atoms with Gasteiger partial charge < -0.3 is 20.1 Å². The number of hydrogen-bond donors (Lipinski definition) is 2. The van der Waals surface area contributed by atoms with Crippen LogP contribution in [0.25, 0.3) is 0 Å². The fourth-order valence-electron chi connectivity index (χ4n) is 7.41. The molecule has 4 saturated carbocycles. The van der Waals surface area contributed by atoms with Gasteiger partial charge in [0.25, 0.3) is 0 Å². The van der Waals surface area contributed by atoms with Crippen molar-refractivity contribution in [3.05, 3.63) is 23.2 Å². The summed E-state index contributed by atoms with van der Waals surface area (Å²) in [6, 6.07) is 5.76. The number of aliphatic carboxylic acids is 1. The number of benzene rings is 1. The van der Waals surface area contributed by atoms with Crippen LogP contribution in [-0.4, -0.2) is 66.8 Å². The number of rotatable bonds is 6. The van der Waals surface area contributed by atoms with Crippen LogP contribution in [0.3, 0.4) is 0 Å². The van der Waals surface area contributed by atoms with E-state index in [4.69, 9.17) is 16.3 Å². The van der Waals surface area contributed by atoms with Gasteiger partial charge in [0, 0.05) is 37.2 Å². The number of nitrogens with one attached hydrogen (secondary N) is 1. The molecule has 5 aliphatic rings. The Balaban J connectivity index is 1.23. The zero-order chi connectivity index (χ0) is 24.3. The second kappa shape index (κ2) is 8.59. The zero-order valence-corrected chi connectivity index (χ0v) is 21.1. The summed E-state index contributed by atoms with van der Waals surface area (Å²) >= 11 is 6.23. The highest BCUT2D eigenvalue weighted by molar-refractivity contribution is 6.30. The number of carboxylic acid groups (broad SMARTS) is 1. The van der Waals surface area contributed by atoms with Crippen LogP contribution in [0.1, 0.15) is 46.0 Å². The molecule has 1 heterocycles. The summed E-state index contributed by atoms with van der Waals surface area (Å²) in [4.78, 5) is 30.1. The summed E-state index contributed by atoms with van der Waals surface area (Å²) in [5.41, 5.74) is -0.202. The highest BCUT2D eigenvalue weighted by atomic mass is 35.5. The molecule has 0 radical (unpaired) electrons. The van der Waals surface area contributed by atoms with Crippen LogP contribution in [0, 0.1) is 23.2 Å². The summed E-state index contributed by atoms with van der Waals surface area (Å²) in [6.07, 6.45) is 4.35. The molecule has 7 nitrogen and oxygen atoms in total. The molecule has 34 heavy (non-hydrogen) atoms. The molecule has 1 aromatic carbocycles. The van der Waals surface area contributed by atoms with Crippen LogP contribution in [0.15, 0.2) is 18.2 Å². The fourth-order valence-corrected chi connectivity index (χ4v) is 7.58. The van der Waals surface area contributed by atoms with Gasteiger partial charge in [0.05, 0.1) is 23.8 Å². The summed E-state index contributed by atoms with van der Waals surface area (Å²) < 4.78 is 5.52. The van der Waals surface area contributed by atoms with Gasteiger partial charge in [-0.05, 0) is 81.9 Å². The first-order valence-electron chi connectivity index (χ1n) is 12.5. The first-order chi connectivity index (χ1) is 16.1. The van der Waals surface area contributed by atoms with Gasteiger partial charge in [-0.3, -0.25) is 14.5 Å². The number of carbonyl (C=O) groups excluding carboxylic acids is 1. The van der Waals surface area contributed by atoms with E-state index in [1.807, 2.05) is 32.0 Å². The lowest BCUT2D eigenvalue weighted by Crippen LogP contribution is -2.66. The van der Waals surface area contributed by atoms with E-state index in [0.717, 1.165) is 56.9 Å². The maximum Gasteiger partial charge on any atom is 0.309 e. The van der Waals surface area contributed by atoms with E-state index in [1.54, 1.807) is 7.11 Å². The number of halogens is 1. The van der Waals surface area contributed by atoms with Gasteiger partial charge in [-0.25, -0.2) is 0 Å². The van der Waals surface area contributed by atoms with Crippen LogP contribution in [0.2, 0.25) is 5.02 Å². The van der Waals surface area contributed by atoms with Crippen molar-refractivity contribution in [2.24, 2.45) is 23.2 Å². The monoisotopic (exact) mass is 489 g/mol. The van der Waals surface area contributed by atoms with Gasteiger partial charge >= 0.3 is 5.97 Å². The lowest BCUT2D eigenvalue weighted by molar-refractivity contribution is -0.168. The van der Waals surface area contributed by atoms with Crippen molar-refractivity contribution in [3.8, 4) is 5.75 Å². The zero-order valence-electron chi connectivity index (χ0n) is 20.3. The summed E-state index contributed by atoms with van der Waals surface area (Å²) in [5, 5.41) is 14.0. The molecule has 186 valence electrons. The maximum absolute atomic E-state index is 13.5. The van der Waals surface area contributed by atoms with E-state index in [-0.39, 0.29) is 23.8 Å². The van der Waals surface area contributed by atoms with Crippen LogP contribution in [-0.2, 0) is 9.59 Å². The molecule has 1 aliphatic heterocycles.